The number of hydrogen-bond donors (Lipinski definition) is 3. The first kappa shape index (κ1) is 10.8. The Morgan fingerprint density at radius 1 is 1.44 bits per heavy atom. The third-order valence-electron chi connectivity index (χ3n) is 2.59. The summed E-state index contributed by atoms with van der Waals surface area (Å²) in [4.78, 5) is 11.2. The van der Waals surface area contributed by atoms with Gasteiger partial charge in [0.25, 0.3) is 5.91 Å². The molecule has 1 aromatic rings. The number of nitrogens with zero attached hydrogens (tertiary/aromatic N) is 2. The molecule has 0 radical (unpaired) electrons. The molecular formula is C10H14N4O2. The third kappa shape index (κ3) is 2.27. The second-order valence-electron chi connectivity index (χ2n) is 3.85. The predicted molar refractivity (Wildman–Crippen MR) is 58.1 cm³/mol. The van der Waals surface area contributed by atoms with Crippen LogP contribution < -0.4 is 10.6 Å². The van der Waals surface area contributed by atoms with Crippen molar-refractivity contribution in [2.45, 2.75) is 25.0 Å². The number of aliphatic hydroxyl groups excluding tert-OH is 1. The quantitative estimate of drug-likeness (QED) is 0.657. The topological polar surface area (TPSA) is 87.1 Å². The van der Waals surface area contributed by atoms with E-state index in [2.05, 4.69) is 20.8 Å². The van der Waals surface area contributed by atoms with Crippen molar-refractivity contribution in [2.75, 3.05) is 12.4 Å². The molecule has 0 saturated heterocycles. The monoisotopic (exact) mass is 222 g/mol. The highest BCUT2D eigenvalue weighted by Gasteiger charge is 2.27. The summed E-state index contributed by atoms with van der Waals surface area (Å²) in [6.45, 7) is 0. The maximum atomic E-state index is 11.2. The molecule has 0 aromatic carbocycles. The Kier molecular flexibility index (Phi) is 3.00. The molecule has 86 valence electrons. The van der Waals surface area contributed by atoms with Crippen molar-refractivity contribution in [3.63, 3.8) is 0 Å². The number of nitrogens with one attached hydrogen (secondary N) is 2. The SMILES string of the molecule is CNC(=O)c1ccc(NC2CC(O)C2)nn1. The molecule has 6 heteroatoms. The Morgan fingerprint density at radius 3 is 2.69 bits per heavy atom. The summed E-state index contributed by atoms with van der Waals surface area (Å²) in [7, 11) is 1.55. The maximum Gasteiger partial charge on any atom is 0.271 e. The molecule has 1 heterocycles. The minimum Gasteiger partial charge on any atom is -0.393 e. The van der Waals surface area contributed by atoms with Crippen molar-refractivity contribution < 1.29 is 9.90 Å². The van der Waals surface area contributed by atoms with E-state index in [0.29, 0.717) is 11.5 Å². The summed E-state index contributed by atoms with van der Waals surface area (Å²) >= 11 is 0. The van der Waals surface area contributed by atoms with E-state index in [1.54, 1.807) is 19.2 Å². The van der Waals surface area contributed by atoms with Crippen molar-refractivity contribution in [2.24, 2.45) is 0 Å². The highest BCUT2D eigenvalue weighted by Crippen LogP contribution is 2.22. The molecule has 1 aliphatic rings. The van der Waals surface area contributed by atoms with Crippen LogP contribution in [0.2, 0.25) is 0 Å². The van der Waals surface area contributed by atoms with Crippen LogP contribution in [0.25, 0.3) is 0 Å². The van der Waals surface area contributed by atoms with Gasteiger partial charge in [-0.05, 0) is 25.0 Å². The van der Waals surface area contributed by atoms with Gasteiger partial charge in [-0.3, -0.25) is 4.79 Å². The van der Waals surface area contributed by atoms with E-state index in [-0.39, 0.29) is 18.1 Å². The van der Waals surface area contributed by atoms with Gasteiger partial charge in [-0.15, -0.1) is 10.2 Å². The molecule has 0 unspecified atom stereocenters. The number of anilines is 1. The first-order chi connectivity index (χ1) is 7.69. The van der Waals surface area contributed by atoms with E-state index in [9.17, 15) is 4.79 Å². The fourth-order valence-electron chi connectivity index (χ4n) is 1.57. The van der Waals surface area contributed by atoms with Gasteiger partial charge in [-0.25, -0.2) is 0 Å². The first-order valence-corrected chi connectivity index (χ1v) is 5.19. The Bertz CT molecular complexity index is 373. The predicted octanol–water partition coefficient (Wildman–Crippen LogP) is -0.229. The zero-order valence-corrected chi connectivity index (χ0v) is 8.97. The van der Waals surface area contributed by atoms with E-state index in [1.165, 1.54) is 0 Å². The normalized spacial score (nSPS) is 23.4. The maximum absolute atomic E-state index is 11.2. The Balaban J connectivity index is 1.94. The fraction of sp³-hybridized carbons (Fsp3) is 0.500. The standard InChI is InChI=1S/C10H14N4O2/c1-11-10(16)8-2-3-9(14-13-8)12-6-4-7(15)5-6/h2-3,6-7,15H,4-5H2,1H3,(H,11,16)(H,12,14). The lowest BCUT2D eigenvalue weighted by atomic mass is 9.89. The molecule has 2 rings (SSSR count). The van der Waals surface area contributed by atoms with Gasteiger partial charge in [0.1, 0.15) is 5.82 Å². The van der Waals surface area contributed by atoms with Crippen LogP contribution in [0.1, 0.15) is 23.3 Å². The number of amides is 1. The summed E-state index contributed by atoms with van der Waals surface area (Å²) in [6.07, 6.45) is 1.27. The average Bonchev–Trinajstić information content (AvgIpc) is 2.27. The summed E-state index contributed by atoms with van der Waals surface area (Å²) in [5.41, 5.74) is 0.293. The Labute approximate surface area is 93.1 Å². The summed E-state index contributed by atoms with van der Waals surface area (Å²) < 4.78 is 0. The van der Waals surface area contributed by atoms with Gasteiger partial charge in [0.15, 0.2) is 5.69 Å². The highest BCUT2D eigenvalue weighted by atomic mass is 16.3. The molecular weight excluding hydrogens is 208 g/mol. The molecule has 16 heavy (non-hydrogen) atoms. The molecule has 0 atom stereocenters. The average molecular weight is 222 g/mol. The van der Waals surface area contributed by atoms with Crippen LogP contribution in [0.3, 0.4) is 0 Å². The van der Waals surface area contributed by atoms with Crippen LogP contribution in [-0.4, -0.2) is 40.4 Å². The van der Waals surface area contributed by atoms with Gasteiger partial charge in [0.2, 0.25) is 0 Å². The first-order valence-electron chi connectivity index (χ1n) is 5.19. The number of aromatic nitrogens is 2. The minimum absolute atomic E-state index is 0.199. The molecule has 1 fully saturated rings. The van der Waals surface area contributed by atoms with Crippen molar-refractivity contribution >= 4 is 11.7 Å². The molecule has 0 aliphatic heterocycles. The molecule has 1 aromatic heterocycles. The van der Waals surface area contributed by atoms with Gasteiger partial charge in [0, 0.05) is 13.1 Å². The van der Waals surface area contributed by atoms with Gasteiger partial charge in [-0.1, -0.05) is 0 Å². The number of rotatable bonds is 3. The van der Waals surface area contributed by atoms with Crippen LogP contribution in [0.5, 0.6) is 0 Å². The van der Waals surface area contributed by atoms with Crippen molar-refractivity contribution in [1.29, 1.82) is 0 Å². The molecule has 6 nitrogen and oxygen atoms in total. The van der Waals surface area contributed by atoms with Crippen LogP contribution in [-0.2, 0) is 0 Å². The van der Waals surface area contributed by atoms with E-state index in [0.717, 1.165) is 12.8 Å². The second-order valence-corrected chi connectivity index (χ2v) is 3.85. The number of aliphatic hydroxyl groups is 1. The van der Waals surface area contributed by atoms with Gasteiger partial charge >= 0.3 is 0 Å². The lowest BCUT2D eigenvalue weighted by molar-refractivity contribution is 0.0835. The lowest BCUT2D eigenvalue weighted by Crippen LogP contribution is -2.39. The van der Waals surface area contributed by atoms with Crippen molar-refractivity contribution in [3.8, 4) is 0 Å². The van der Waals surface area contributed by atoms with Gasteiger partial charge < -0.3 is 15.7 Å². The van der Waals surface area contributed by atoms with E-state index >= 15 is 0 Å². The Morgan fingerprint density at radius 2 is 2.19 bits per heavy atom. The highest BCUT2D eigenvalue weighted by molar-refractivity contribution is 5.91. The van der Waals surface area contributed by atoms with E-state index in [1.807, 2.05) is 0 Å². The number of carbonyl (C=O) groups excluding carboxylic acids is 1. The molecule has 1 aliphatic carbocycles. The van der Waals surface area contributed by atoms with Crippen molar-refractivity contribution in [3.05, 3.63) is 17.8 Å². The summed E-state index contributed by atoms with van der Waals surface area (Å²) in [5.74, 6) is 0.377. The largest absolute Gasteiger partial charge is 0.393 e. The summed E-state index contributed by atoms with van der Waals surface area (Å²) in [5, 5.41) is 22.4. The zero-order chi connectivity index (χ0) is 11.5. The van der Waals surface area contributed by atoms with Gasteiger partial charge in [-0.2, -0.15) is 0 Å². The molecule has 0 bridgehead atoms. The van der Waals surface area contributed by atoms with Gasteiger partial charge in [0.05, 0.1) is 6.10 Å². The lowest BCUT2D eigenvalue weighted by Gasteiger charge is -2.32. The van der Waals surface area contributed by atoms with Crippen LogP contribution in [0, 0.1) is 0 Å². The summed E-state index contributed by atoms with van der Waals surface area (Å²) in [6, 6.07) is 3.58. The smallest absolute Gasteiger partial charge is 0.271 e. The fourth-order valence-corrected chi connectivity index (χ4v) is 1.57. The molecule has 1 saturated carbocycles. The Hall–Kier alpha value is -1.69. The molecule has 1 amide bonds. The molecule has 0 spiro atoms. The van der Waals surface area contributed by atoms with Crippen molar-refractivity contribution in [1.82, 2.24) is 15.5 Å². The zero-order valence-electron chi connectivity index (χ0n) is 8.97. The van der Waals surface area contributed by atoms with Crippen LogP contribution in [0.4, 0.5) is 5.82 Å². The number of hydrogen-bond acceptors (Lipinski definition) is 5. The molecule has 3 N–H and O–H groups in total. The number of carbonyl (C=O) groups is 1. The third-order valence-corrected chi connectivity index (χ3v) is 2.59. The minimum atomic E-state index is -0.252. The van der Waals surface area contributed by atoms with E-state index < -0.39 is 0 Å². The van der Waals surface area contributed by atoms with Crippen LogP contribution >= 0.6 is 0 Å². The van der Waals surface area contributed by atoms with Crippen LogP contribution in [0.15, 0.2) is 12.1 Å². The second kappa shape index (κ2) is 4.44. The van der Waals surface area contributed by atoms with E-state index in [4.69, 9.17) is 5.11 Å².